The van der Waals surface area contributed by atoms with Crippen LogP contribution in [-0.2, 0) is 33.3 Å². The number of aliphatic hydroxyl groups is 1. The van der Waals surface area contributed by atoms with E-state index < -0.39 is 82.9 Å². The number of nitrogens with one attached hydrogen (secondary N) is 1. The van der Waals surface area contributed by atoms with Crippen LogP contribution in [0.2, 0.25) is 0 Å². The van der Waals surface area contributed by atoms with Crippen LogP contribution in [0.25, 0.3) is 11.3 Å². The molecule has 318 valence electrons. The number of likely N-dealkylation sites (N-methyl/N-ethyl adjacent to an activating group) is 1. The smallest absolute Gasteiger partial charge is 0.408 e. The van der Waals surface area contributed by atoms with Gasteiger partial charge in [0.05, 0.1) is 18.2 Å². The molecule has 0 spiro atoms. The average Bonchev–Trinajstić information content (AvgIpc) is 3.77. The molecule has 17 heteroatoms. The molecule has 3 fully saturated rings. The Hall–Kier alpha value is -4.50. The molecular weight excluding hydrogens is 755 g/mol. The number of alkyl carbamates (subject to hydrolysis) is 1. The summed E-state index contributed by atoms with van der Waals surface area (Å²) in [4.78, 5) is 65.2. The number of ether oxygens (including phenoxy) is 4. The molecule has 3 aliphatic heterocycles. The number of esters is 1. The van der Waals surface area contributed by atoms with Crippen molar-refractivity contribution >= 4 is 29.6 Å². The number of nitrogens with zero attached hydrogens (tertiary/aromatic N) is 4. The number of nitrogens with two attached hydrogens (primary N) is 1. The Bertz CT molecular complexity index is 1900. The van der Waals surface area contributed by atoms with Gasteiger partial charge in [-0.25, -0.2) is 23.9 Å². The van der Waals surface area contributed by atoms with Crippen LogP contribution >= 0.6 is 0 Å². The van der Waals surface area contributed by atoms with Crippen molar-refractivity contribution in [2.75, 3.05) is 19.8 Å². The second kappa shape index (κ2) is 17.4. The van der Waals surface area contributed by atoms with E-state index in [1.807, 2.05) is 32.8 Å². The molecule has 5 rings (SSSR count). The van der Waals surface area contributed by atoms with Gasteiger partial charge in [0.25, 0.3) is 5.67 Å². The number of alkyl halides is 1. The topological polar surface area (TPSA) is 219 Å². The summed E-state index contributed by atoms with van der Waals surface area (Å²) >= 11 is 0. The first-order valence-corrected chi connectivity index (χ1v) is 19.8. The third kappa shape index (κ3) is 9.05. The number of cyclic esters (lactones) is 1. The summed E-state index contributed by atoms with van der Waals surface area (Å²) in [6.07, 6.45) is -1.99. The molecule has 1 amide bonds. The average molecular weight is 813 g/mol. The van der Waals surface area contributed by atoms with Crippen molar-refractivity contribution < 1.29 is 52.1 Å². The zero-order valence-electron chi connectivity index (χ0n) is 34.9. The molecule has 16 nitrogen and oxygen atoms in total. The first-order chi connectivity index (χ1) is 27.1. The molecule has 0 aromatic carbocycles. The zero-order chi connectivity index (χ0) is 42.9. The molecule has 3 aliphatic rings. The number of anilines is 1. The number of carbonyl (C=O) groups excluding carboxylic acids is 4. The van der Waals surface area contributed by atoms with Crippen molar-refractivity contribution in [1.82, 2.24) is 25.3 Å². The molecule has 1 unspecified atom stereocenters. The number of ketones is 2. The molecule has 58 heavy (non-hydrogen) atoms. The van der Waals surface area contributed by atoms with E-state index in [1.54, 1.807) is 26.8 Å². The number of amides is 1. The molecule has 3 saturated heterocycles. The fraction of sp³-hybridized carbons (Fsp3) is 0.683. The van der Waals surface area contributed by atoms with Gasteiger partial charge in [-0.05, 0) is 71.9 Å². The van der Waals surface area contributed by atoms with Crippen LogP contribution in [0, 0.1) is 35.0 Å². The van der Waals surface area contributed by atoms with Gasteiger partial charge in [0.15, 0.2) is 17.7 Å². The van der Waals surface area contributed by atoms with Gasteiger partial charge in [-0.3, -0.25) is 9.59 Å². The van der Waals surface area contributed by atoms with Gasteiger partial charge in [0.2, 0.25) is 11.7 Å². The first kappa shape index (κ1) is 44.6. The Morgan fingerprint density at radius 2 is 1.76 bits per heavy atom. The molecule has 0 aliphatic carbocycles. The lowest BCUT2D eigenvalue weighted by Crippen LogP contribution is -2.60. The summed E-state index contributed by atoms with van der Waals surface area (Å²) in [5, 5.41) is 18.3. The highest BCUT2D eigenvalue weighted by Crippen LogP contribution is 2.45. The highest BCUT2D eigenvalue weighted by molar-refractivity contribution is 6.07. The van der Waals surface area contributed by atoms with Gasteiger partial charge in [-0.2, -0.15) is 0 Å². The van der Waals surface area contributed by atoms with Crippen molar-refractivity contribution in [1.29, 1.82) is 0 Å². The molecule has 4 N–H and O–H groups in total. The Labute approximate surface area is 338 Å². The minimum absolute atomic E-state index is 0.0855. The molecule has 2 aromatic heterocycles. The number of aromatic nitrogens is 3. The Morgan fingerprint density at radius 1 is 1.09 bits per heavy atom. The van der Waals surface area contributed by atoms with Gasteiger partial charge >= 0.3 is 12.1 Å². The van der Waals surface area contributed by atoms with E-state index >= 15 is 4.39 Å². The summed E-state index contributed by atoms with van der Waals surface area (Å²) in [5.41, 5.74) is 0.717. The van der Waals surface area contributed by atoms with E-state index in [0.29, 0.717) is 17.7 Å². The van der Waals surface area contributed by atoms with Crippen molar-refractivity contribution in [2.24, 2.45) is 23.2 Å². The van der Waals surface area contributed by atoms with Gasteiger partial charge in [-0.1, -0.05) is 45.7 Å². The van der Waals surface area contributed by atoms with Crippen LogP contribution in [0.3, 0.4) is 0 Å². The van der Waals surface area contributed by atoms with Crippen molar-refractivity contribution in [3.8, 4) is 23.1 Å². The van der Waals surface area contributed by atoms with Gasteiger partial charge in [0, 0.05) is 54.2 Å². The van der Waals surface area contributed by atoms with Crippen molar-refractivity contribution in [3.05, 3.63) is 24.2 Å². The van der Waals surface area contributed by atoms with Crippen LogP contribution in [0.1, 0.15) is 93.3 Å². The van der Waals surface area contributed by atoms with E-state index in [1.165, 1.54) is 26.2 Å². The maximum absolute atomic E-state index is 16.9. The molecular formula is C41H57FN6O10. The Morgan fingerprint density at radius 3 is 2.40 bits per heavy atom. The van der Waals surface area contributed by atoms with Crippen LogP contribution in [0.4, 0.5) is 15.1 Å². The maximum atomic E-state index is 16.9. The van der Waals surface area contributed by atoms with E-state index in [4.69, 9.17) is 29.2 Å². The third-order valence-electron chi connectivity index (χ3n) is 12.1. The number of aliphatic hydroxyl groups excluding tert-OH is 1. The maximum Gasteiger partial charge on any atom is 0.408 e. The quantitative estimate of drug-likeness (QED) is 0.204. The van der Waals surface area contributed by atoms with E-state index in [9.17, 15) is 24.3 Å². The predicted molar refractivity (Wildman–Crippen MR) is 207 cm³/mol. The summed E-state index contributed by atoms with van der Waals surface area (Å²) < 4.78 is 46.5. The molecule has 13 atom stereocenters. The summed E-state index contributed by atoms with van der Waals surface area (Å²) in [6.45, 7) is 12.6. The number of carbonyl (C=O) groups is 4. The van der Waals surface area contributed by atoms with Crippen LogP contribution < -0.4 is 11.1 Å². The predicted octanol–water partition coefficient (Wildman–Crippen LogP) is 4.03. The number of hydrogen-bond donors (Lipinski definition) is 3. The lowest BCUT2D eigenvalue weighted by molar-refractivity contribution is -0.287. The minimum atomic E-state index is -3.18. The van der Waals surface area contributed by atoms with Gasteiger partial charge in [0.1, 0.15) is 23.7 Å². The molecule has 0 saturated carbocycles. The number of Topliss-reactive ketones (excluding diaryl/α,β-unsaturated/α-hetero) is 2. The van der Waals surface area contributed by atoms with Crippen molar-refractivity contribution in [2.45, 2.75) is 142 Å². The highest BCUT2D eigenvalue weighted by atomic mass is 19.1. The van der Waals surface area contributed by atoms with E-state index in [0.717, 1.165) is 6.92 Å². The number of rotatable bonds is 7. The third-order valence-corrected chi connectivity index (χ3v) is 12.1. The lowest BCUT2D eigenvalue weighted by atomic mass is 9.66. The van der Waals surface area contributed by atoms with Gasteiger partial charge in [-0.15, -0.1) is 0 Å². The molecule has 0 radical (unpaired) electrons. The summed E-state index contributed by atoms with van der Waals surface area (Å²) in [6, 6.07) is 0.282. The Kier molecular flexibility index (Phi) is 13.4. The largest absolute Gasteiger partial charge is 0.455 e. The number of fused-ring (bicyclic) bond motifs is 1. The second-order valence-corrected chi connectivity index (χ2v) is 16.9. The normalized spacial score (nSPS) is 37.5. The van der Waals surface area contributed by atoms with Gasteiger partial charge < -0.3 is 44.5 Å². The van der Waals surface area contributed by atoms with E-state index in [-0.39, 0.29) is 55.3 Å². The first-order valence-electron chi connectivity index (χ1n) is 19.8. The Balaban J connectivity index is 1.57. The fourth-order valence-electron chi connectivity index (χ4n) is 8.86. The van der Waals surface area contributed by atoms with Crippen molar-refractivity contribution in [3.63, 3.8) is 0 Å². The number of hydrogen-bond acceptors (Lipinski definition) is 15. The number of halogens is 1. The van der Waals surface area contributed by atoms with Crippen LogP contribution in [0.15, 0.2) is 23.0 Å². The second-order valence-electron chi connectivity index (χ2n) is 16.9. The standard InChI is InChI=1S/C41H57FN6O10/c1-11-29-41(8)32(46-38(53)57-41)23(4)30(49)21(2)18-39(6,15-13-12-14-26-17-27(47-58-26)25-19-44-37(43)45-20-25)34(24(5)33(51)40(7,42)36(52)55-29)56-35-31(50)28(48(9)10)16-22(3)54-35/h17,19-24,28-29,31-32,34-35,50H,11,13,15-16,18H2,1-10H3,(H,46,53)(H2,43,44,45)/t21-,22-,23+,24+,28+,29-,31-,32-,34-,35+,39-,40?,41-/m1/s1. The molecule has 0 bridgehead atoms. The minimum Gasteiger partial charge on any atom is -0.455 e. The van der Waals surface area contributed by atoms with Crippen LogP contribution in [-0.4, -0.2) is 117 Å². The highest BCUT2D eigenvalue weighted by Gasteiger charge is 2.59. The van der Waals surface area contributed by atoms with E-state index in [2.05, 4.69) is 32.3 Å². The number of nitrogen functional groups attached to an aromatic ring is 1. The summed E-state index contributed by atoms with van der Waals surface area (Å²) in [7, 11) is 3.64. The lowest BCUT2D eigenvalue weighted by Gasteiger charge is -2.48. The summed E-state index contributed by atoms with van der Waals surface area (Å²) in [5.74, 6) is 0.663. The fourth-order valence-corrected chi connectivity index (χ4v) is 8.86. The molecule has 2 aromatic rings. The molecule has 5 heterocycles. The van der Waals surface area contributed by atoms with Crippen LogP contribution in [0.5, 0.6) is 0 Å². The zero-order valence-corrected chi connectivity index (χ0v) is 34.9. The SMILES string of the molecule is CC[C@H]1OC(=O)C(C)(F)C(=O)[C@H](C)[C@@H](O[C@@H]2O[C@H](C)C[C@H](N(C)C)[C@H]2O)[C@](C)(CCC#Cc2cc(-c3cnc(N)nc3)no2)C[C@@H](C)C(=O)[C@H](C)[C@H]2NC(=O)O[C@@]21C. The monoisotopic (exact) mass is 812 g/mol.